The Morgan fingerprint density at radius 2 is 1.83 bits per heavy atom. The normalized spacial score (nSPS) is 21.5. The van der Waals surface area contributed by atoms with Gasteiger partial charge in [-0.15, -0.1) is 0 Å². The van der Waals surface area contributed by atoms with E-state index in [0.29, 0.717) is 32.2 Å². The molecule has 2 aromatic rings. The molecule has 160 valence electrons. The lowest BCUT2D eigenvalue weighted by molar-refractivity contribution is -0.133. The number of amides is 1. The predicted octanol–water partition coefficient (Wildman–Crippen LogP) is 2.74. The molecule has 3 heterocycles. The molecule has 30 heavy (non-hydrogen) atoms. The van der Waals surface area contributed by atoms with E-state index in [4.69, 9.17) is 9.47 Å². The molecule has 0 spiro atoms. The molecule has 0 N–H and O–H groups in total. The van der Waals surface area contributed by atoms with Gasteiger partial charge in [0.25, 0.3) is 0 Å². The summed E-state index contributed by atoms with van der Waals surface area (Å²) in [6, 6.07) is 14.2. The Morgan fingerprint density at radius 3 is 2.60 bits per heavy atom. The lowest BCUT2D eigenvalue weighted by Gasteiger charge is -2.30. The first-order valence-electron chi connectivity index (χ1n) is 10.9. The molecule has 6 nitrogen and oxygen atoms in total. The third kappa shape index (κ3) is 6.11. The van der Waals surface area contributed by atoms with Gasteiger partial charge < -0.3 is 14.4 Å². The fourth-order valence-electron chi connectivity index (χ4n) is 4.23. The number of hydrogen-bond acceptors (Lipinski definition) is 5. The molecule has 1 amide bonds. The number of rotatable bonds is 7. The minimum absolute atomic E-state index is 0.0202. The summed E-state index contributed by atoms with van der Waals surface area (Å²) in [5, 5.41) is 0. The number of aromatic nitrogens is 1. The summed E-state index contributed by atoms with van der Waals surface area (Å²) in [4.78, 5) is 21.5. The van der Waals surface area contributed by atoms with Crippen LogP contribution in [-0.4, -0.2) is 66.2 Å². The van der Waals surface area contributed by atoms with Crippen molar-refractivity contribution in [2.24, 2.45) is 5.92 Å². The summed E-state index contributed by atoms with van der Waals surface area (Å²) in [7, 11) is 0. The Bertz CT molecular complexity index is 781. The van der Waals surface area contributed by atoms with Crippen molar-refractivity contribution in [2.75, 3.05) is 39.4 Å². The van der Waals surface area contributed by atoms with E-state index in [0.717, 1.165) is 50.3 Å². The zero-order valence-electron chi connectivity index (χ0n) is 17.5. The van der Waals surface area contributed by atoms with E-state index in [-0.39, 0.29) is 12.0 Å². The first kappa shape index (κ1) is 21.0. The van der Waals surface area contributed by atoms with Gasteiger partial charge in [-0.1, -0.05) is 36.4 Å². The van der Waals surface area contributed by atoms with Crippen LogP contribution >= 0.6 is 0 Å². The summed E-state index contributed by atoms with van der Waals surface area (Å²) >= 11 is 0. The van der Waals surface area contributed by atoms with Crippen molar-refractivity contribution in [1.82, 2.24) is 14.8 Å². The van der Waals surface area contributed by atoms with Crippen LogP contribution in [0.3, 0.4) is 0 Å². The molecule has 1 unspecified atom stereocenters. The van der Waals surface area contributed by atoms with E-state index in [1.165, 1.54) is 0 Å². The monoisotopic (exact) mass is 409 g/mol. The molecule has 1 aromatic carbocycles. The number of carbonyl (C=O) groups excluding carboxylic acids is 1. The Hall–Kier alpha value is -2.28. The number of hydrogen-bond donors (Lipinski definition) is 0. The maximum absolute atomic E-state index is 13.1. The van der Waals surface area contributed by atoms with Gasteiger partial charge >= 0.3 is 0 Å². The van der Waals surface area contributed by atoms with Crippen LogP contribution in [-0.2, 0) is 27.4 Å². The molecule has 0 bridgehead atoms. The SMILES string of the molecule is O=C1CN(Cc2cccnc2)CC(OCc2ccccc2)CN1CC1CCOCC1. The summed E-state index contributed by atoms with van der Waals surface area (Å²) in [6.45, 7) is 5.46. The number of nitrogens with zero attached hydrogens (tertiary/aromatic N) is 3. The molecular formula is C24H31N3O3. The fourth-order valence-corrected chi connectivity index (χ4v) is 4.23. The lowest BCUT2D eigenvalue weighted by atomic mass is 9.99. The van der Waals surface area contributed by atoms with Crippen LogP contribution in [0.5, 0.6) is 0 Å². The Kier molecular flexibility index (Phi) is 7.45. The average molecular weight is 410 g/mol. The summed E-state index contributed by atoms with van der Waals surface area (Å²) in [6.07, 6.45) is 5.68. The number of carbonyl (C=O) groups is 1. The summed E-state index contributed by atoms with van der Waals surface area (Å²) < 4.78 is 11.8. The Balaban J connectivity index is 1.44. The van der Waals surface area contributed by atoms with Gasteiger partial charge in [0, 0.05) is 51.8 Å². The van der Waals surface area contributed by atoms with E-state index in [1.807, 2.05) is 35.4 Å². The minimum atomic E-state index is -0.0202. The largest absolute Gasteiger partial charge is 0.381 e. The highest BCUT2D eigenvalue weighted by molar-refractivity contribution is 5.78. The highest BCUT2D eigenvalue weighted by atomic mass is 16.5. The molecule has 1 atom stereocenters. The third-order valence-electron chi connectivity index (χ3n) is 5.87. The van der Waals surface area contributed by atoms with Gasteiger partial charge in [-0.25, -0.2) is 0 Å². The zero-order chi connectivity index (χ0) is 20.6. The molecule has 6 heteroatoms. The second-order valence-corrected chi connectivity index (χ2v) is 8.30. The van der Waals surface area contributed by atoms with Gasteiger partial charge in [0.2, 0.25) is 5.91 Å². The van der Waals surface area contributed by atoms with Gasteiger partial charge in [-0.2, -0.15) is 0 Å². The van der Waals surface area contributed by atoms with Gasteiger partial charge in [0.1, 0.15) is 0 Å². The molecule has 4 rings (SSSR count). The van der Waals surface area contributed by atoms with E-state index < -0.39 is 0 Å². The van der Waals surface area contributed by atoms with E-state index >= 15 is 0 Å². The fraction of sp³-hybridized carbons (Fsp3) is 0.500. The lowest BCUT2D eigenvalue weighted by Crippen LogP contribution is -2.42. The molecule has 2 aliphatic heterocycles. The summed E-state index contributed by atoms with van der Waals surface area (Å²) in [5.74, 6) is 0.707. The Morgan fingerprint density at radius 1 is 1.03 bits per heavy atom. The topological polar surface area (TPSA) is 54.9 Å². The molecule has 0 aliphatic carbocycles. The molecule has 0 saturated carbocycles. The second kappa shape index (κ2) is 10.7. The zero-order valence-corrected chi connectivity index (χ0v) is 17.5. The summed E-state index contributed by atoms with van der Waals surface area (Å²) in [5.41, 5.74) is 2.27. The number of pyridine rings is 1. The van der Waals surface area contributed by atoms with Crippen LogP contribution in [0.2, 0.25) is 0 Å². The highest BCUT2D eigenvalue weighted by Crippen LogP contribution is 2.19. The van der Waals surface area contributed by atoms with Crippen LogP contribution in [0.4, 0.5) is 0 Å². The van der Waals surface area contributed by atoms with Crippen molar-refractivity contribution >= 4 is 5.91 Å². The van der Waals surface area contributed by atoms with Crippen LogP contribution in [0.1, 0.15) is 24.0 Å². The first-order chi connectivity index (χ1) is 14.8. The van der Waals surface area contributed by atoms with Gasteiger partial charge in [-0.05, 0) is 36.0 Å². The van der Waals surface area contributed by atoms with Crippen molar-refractivity contribution < 1.29 is 14.3 Å². The first-order valence-corrected chi connectivity index (χ1v) is 10.9. The van der Waals surface area contributed by atoms with E-state index in [9.17, 15) is 4.79 Å². The van der Waals surface area contributed by atoms with Crippen molar-refractivity contribution in [1.29, 1.82) is 0 Å². The van der Waals surface area contributed by atoms with Gasteiger partial charge in [0.15, 0.2) is 0 Å². The van der Waals surface area contributed by atoms with Crippen LogP contribution in [0.15, 0.2) is 54.9 Å². The molecule has 2 saturated heterocycles. The smallest absolute Gasteiger partial charge is 0.236 e. The van der Waals surface area contributed by atoms with Gasteiger partial charge in [0.05, 0.1) is 19.3 Å². The number of benzene rings is 1. The van der Waals surface area contributed by atoms with Crippen molar-refractivity contribution in [3.05, 3.63) is 66.0 Å². The maximum atomic E-state index is 13.1. The number of ether oxygens (including phenoxy) is 2. The molecule has 1 aromatic heterocycles. The maximum Gasteiger partial charge on any atom is 0.236 e. The van der Waals surface area contributed by atoms with Crippen LogP contribution < -0.4 is 0 Å². The third-order valence-corrected chi connectivity index (χ3v) is 5.87. The van der Waals surface area contributed by atoms with Crippen LogP contribution in [0.25, 0.3) is 0 Å². The average Bonchev–Trinajstić information content (AvgIpc) is 2.92. The van der Waals surface area contributed by atoms with Gasteiger partial charge in [-0.3, -0.25) is 14.7 Å². The molecule has 0 radical (unpaired) electrons. The minimum Gasteiger partial charge on any atom is -0.381 e. The molecular weight excluding hydrogens is 378 g/mol. The predicted molar refractivity (Wildman–Crippen MR) is 115 cm³/mol. The molecule has 2 fully saturated rings. The van der Waals surface area contributed by atoms with Crippen molar-refractivity contribution in [3.63, 3.8) is 0 Å². The standard InChI is InChI=1S/C24H31N3O3/c28-24-18-26(14-22-7-4-10-25-13-22)16-23(30-19-21-5-2-1-3-6-21)17-27(24)15-20-8-11-29-12-9-20/h1-7,10,13,20,23H,8-9,11-12,14-19H2. The van der Waals surface area contributed by atoms with Crippen molar-refractivity contribution in [3.8, 4) is 0 Å². The van der Waals surface area contributed by atoms with Crippen LogP contribution in [0, 0.1) is 5.92 Å². The Labute approximate surface area is 178 Å². The molecule has 2 aliphatic rings. The van der Waals surface area contributed by atoms with Crippen molar-refractivity contribution in [2.45, 2.75) is 32.1 Å². The highest BCUT2D eigenvalue weighted by Gasteiger charge is 2.30. The van der Waals surface area contributed by atoms with E-state index in [2.05, 4.69) is 28.1 Å². The quantitative estimate of drug-likeness (QED) is 0.704. The van der Waals surface area contributed by atoms with E-state index in [1.54, 1.807) is 6.20 Å². The second-order valence-electron chi connectivity index (χ2n) is 8.30.